The van der Waals surface area contributed by atoms with E-state index in [0.717, 1.165) is 19.3 Å². The zero-order valence-corrected chi connectivity index (χ0v) is 11.4. The average Bonchev–Trinajstić information content (AvgIpc) is 2.97. The van der Waals surface area contributed by atoms with Gasteiger partial charge in [-0.25, -0.2) is 4.79 Å². The maximum absolute atomic E-state index is 12.2. The first kappa shape index (κ1) is 14.1. The highest BCUT2D eigenvalue weighted by atomic mass is 16.4. The average molecular weight is 269 g/mol. The molecular formula is C13H23N3O3. The molecule has 0 bridgehead atoms. The van der Waals surface area contributed by atoms with E-state index in [4.69, 9.17) is 5.73 Å². The van der Waals surface area contributed by atoms with Crippen molar-refractivity contribution in [2.45, 2.75) is 38.6 Å². The zero-order valence-electron chi connectivity index (χ0n) is 11.4. The summed E-state index contributed by atoms with van der Waals surface area (Å²) in [5.74, 6) is -0.447. The van der Waals surface area contributed by atoms with Crippen molar-refractivity contribution < 1.29 is 14.7 Å². The second-order valence-corrected chi connectivity index (χ2v) is 5.95. The van der Waals surface area contributed by atoms with Gasteiger partial charge in [-0.3, -0.25) is 4.79 Å². The molecule has 0 aromatic rings. The maximum atomic E-state index is 12.2. The predicted octanol–water partition coefficient (Wildman–Crippen LogP) is 0.620. The Hall–Kier alpha value is -1.30. The van der Waals surface area contributed by atoms with Crippen LogP contribution in [0.15, 0.2) is 0 Å². The minimum absolute atomic E-state index is 0.143. The summed E-state index contributed by atoms with van der Waals surface area (Å²) >= 11 is 0. The Bertz CT molecular complexity index is 374. The van der Waals surface area contributed by atoms with Gasteiger partial charge in [0.15, 0.2) is 0 Å². The van der Waals surface area contributed by atoms with Crippen molar-refractivity contribution in [2.24, 2.45) is 17.1 Å². The van der Waals surface area contributed by atoms with Crippen molar-refractivity contribution in [3.63, 3.8) is 0 Å². The Kier molecular flexibility index (Phi) is 3.99. The molecule has 1 saturated carbocycles. The number of nitrogens with two attached hydrogens (primary N) is 1. The smallest absolute Gasteiger partial charge is 0.317 e. The van der Waals surface area contributed by atoms with Gasteiger partial charge < -0.3 is 21.1 Å². The van der Waals surface area contributed by atoms with Crippen LogP contribution in [0.4, 0.5) is 4.79 Å². The molecule has 0 spiro atoms. The molecule has 3 unspecified atom stereocenters. The largest absolute Gasteiger partial charge is 0.481 e. The van der Waals surface area contributed by atoms with Crippen molar-refractivity contribution in [3.8, 4) is 0 Å². The van der Waals surface area contributed by atoms with Gasteiger partial charge in [0.05, 0.1) is 5.41 Å². The monoisotopic (exact) mass is 269 g/mol. The lowest BCUT2D eigenvalue weighted by Crippen LogP contribution is -2.51. The fourth-order valence-electron chi connectivity index (χ4n) is 3.10. The molecule has 2 rings (SSSR count). The number of nitrogens with one attached hydrogen (secondary N) is 1. The summed E-state index contributed by atoms with van der Waals surface area (Å²) in [7, 11) is 0. The highest BCUT2D eigenvalue weighted by Gasteiger charge is 2.46. The third kappa shape index (κ3) is 2.68. The number of carboxylic acid groups (broad SMARTS) is 1. The molecule has 1 aliphatic carbocycles. The molecule has 3 atom stereocenters. The Balaban J connectivity index is 1.94. The Morgan fingerprint density at radius 1 is 1.47 bits per heavy atom. The van der Waals surface area contributed by atoms with Gasteiger partial charge in [0.25, 0.3) is 0 Å². The van der Waals surface area contributed by atoms with Crippen LogP contribution in [0.2, 0.25) is 0 Å². The van der Waals surface area contributed by atoms with Gasteiger partial charge in [-0.15, -0.1) is 0 Å². The van der Waals surface area contributed by atoms with Gasteiger partial charge in [-0.05, 0) is 38.6 Å². The van der Waals surface area contributed by atoms with Crippen molar-refractivity contribution >= 4 is 12.0 Å². The highest BCUT2D eigenvalue weighted by molar-refractivity contribution is 5.79. The molecule has 1 saturated heterocycles. The van der Waals surface area contributed by atoms with Gasteiger partial charge >= 0.3 is 12.0 Å². The Morgan fingerprint density at radius 2 is 2.21 bits per heavy atom. The van der Waals surface area contributed by atoms with Gasteiger partial charge in [-0.2, -0.15) is 0 Å². The van der Waals surface area contributed by atoms with Crippen LogP contribution in [0.3, 0.4) is 0 Å². The number of rotatable bonds is 3. The molecule has 1 heterocycles. The first-order chi connectivity index (χ1) is 8.97. The third-order valence-corrected chi connectivity index (χ3v) is 4.65. The SMILES string of the molecule is CC1(C(=O)O)CCCC1NC(=O)N1CCC(CN)C1. The van der Waals surface area contributed by atoms with Crippen LogP contribution < -0.4 is 11.1 Å². The first-order valence-electron chi connectivity index (χ1n) is 6.96. The summed E-state index contributed by atoms with van der Waals surface area (Å²) in [4.78, 5) is 25.3. The van der Waals surface area contributed by atoms with Gasteiger partial charge in [0.2, 0.25) is 0 Å². The van der Waals surface area contributed by atoms with Crippen LogP contribution in [0.25, 0.3) is 0 Å². The van der Waals surface area contributed by atoms with E-state index in [2.05, 4.69) is 5.32 Å². The Morgan fingerprint density at radius 3 is 2.79 bits per heavy atom. The van der Waals surface area contributed by atoms with Crippen molar-refractivity contribution in [3.05, 3.63) is 0 Å². The lowest BCUT2D eigenvalue weighted by Gasteiger charge is -2.29. The fraction of sp³-hybridized carbons (Fsp3) is 0.846. The molecule has 0 radical (unpaired) electrons. The predicted molar refractivity (Wildman–Crippen MR) is 70.6 cm³/mol. The molecule has 0 aromatic heterocycles. The second-order valence-electron chi connectivity index (χ2n) is 5.95. The van der Waals surface area contributed by atoms with Crippen LogP contribution in [0, 0.1) is 11.3 Å². The van der Waals surface area contributed by atoms with Gasteiger partial charge in [-0.1, -0.05) is 6.42 Å². The summed E-state index contributed by atoms with van der Waals surface area (Å²) < 4.78 is 0. The maximum Gasteiger partial charge on any atom is 0.317 e. The van der Waals surface area contributed by atoms with Crippen molar-refractivity contribution in [2.75, 3.05) is 19.6 Å². The molecule has 6 heteroatoms. The molecule has 4 N–H and O–H groups in total. The van der Waals surface area contributed by atoms with Crippen LogP contribution in [-0.4, -0.2) is 47.7 Å². The van der Waals surface area contributed by atoms with E-state index in [1.54, 1.807) is 11.8 Å². The number of likely N-dealkylation sites (tertiary alicyclic amines) is 1. The summed E-state index contributed by atoms with van der Waals surface area (Å²) in [6.45, 7) is 3.71. The number of aliphatic carboxylic acids is 1. The van der Waals surface area contributed by atoms with Crippen LogP contribution in [-0.2, 0) is 4.79 Å². The Labute approximate surface area is 113 Å². The van der Waals surface area contributed by atoms with E-state index in [1.807, 2.05) is 0 Å². The molecule has 19 heavy (non-hydrogen) atoms. The summed E-state index contributed by atoms with van der Waals surface area (Å²) in [6, 6.07) is -0.412. The van der Waals surface area contributed by atoms with Crippen molar-refractivity contribution in [1.82, 2.24) is 10.2 Å². The molecule has 108 valence electrons. The van der Waals surface area contributed by atoms with Gasteiger partial charge in [0, 0.05) is 19.1 Å². The normalized spacial score (nSPS) is 34.5. The van der Waals surface area contributed by atoms with E-state index in [0.29, 0.717) is 32.0 Å². The molecule has 2 aliphatic rings. The number of carbonyl (C=O) groups excluding carboxylic acids is 1. The topological polar surface area (TPSA) is 95.7 Å². The number of amides is 2. The molecule has 6 nitrogen and oxygen atoms in total. The van der Waals surface area contributed by atoms with E-state index < -0.39 is 11.4 Å². The number of urea groups is 1. The molecule has 2 fully saturated rings. The standard InChI is InChI=1S/C13H23N3O3/c1-13(11(17)18)5-2-3-10(13)15-12(19)16-6-4-9(7-14)8-16/h9-10H,2-8,14H2,1H3,(H,15,19)(H,17,18). The number of nitrogens with zero attached hydrogens (tertiary/aromatic N) is 1. The van der Waals surface area contributed by atoms with E-state index in [9.17, 15) is 14.7 Å². The van der Waals surface area contributed by atoms with E-state index in [-0.39, 0.29) is 12.1 Å². The summed E-state index contributed by atoms with van der Waals surface area (Å²) in [5.41, 5.74) is 4.78. The first-order valence-corrected chi connectivity index (χ1v) is 6.96. The van der Waals surface area contributed by atoms with E-state index >= 15 is 0 Å². The molecular weight excluding hydrogens is 246 g/mol. The number of hydrogen-bond acceptors (Lipinski definition) is 3. The lowest BCUT2D eigenvalue weighted by atomic mass is 9.85. The number of carboxylic acids is 1. The minimum Gasteiger partial charge on any atom is -0.481 e. The molecule has 2 amide bonds. The van der Waals surface area contributed by atoms with Crippen molar-refractivity contribution in [1.29, 1.82) is 0 Å². The summed E-state index contributed by atoms with van der Waals surface area (Å²) in [6.07, 6.45) is 3.14. The molecule has 0 aromatic carbocycles. The third-order valence-electron chi connectivity index (χ3n) is 4.65. The number of carbonyl (C=O) groups is 2. The van der Waals surface area contributed by atoms with Crippen LogP contribution in [0.5, 0.6) is 0 Å². The van der Waals surface area contributed by atoms with E-state index in [1.165, 1.54) is 0 Å². The fourth-order valence-corrected chi connectivity index (χ4v) is 3.10. The minimum atomic E-state index is -0.831. The van der Waals surface area contributed by atoms with Crippen LogP contribution in [0.1, 0.15) is 32.6 Å². The summed E-state index contributed by atoms with van der Waals surface area (Å²) in [5, 5.41) is 12.2. The zero-order chi connectivity index (χ0) is 14.0. The lowest BCUT2D eigenvalue weighted by molar-refractivity contribution is -0.148. The van der Waals surface area contributed by atoms with Crippen LogP contribution >= 0.6 is 0 Å². The molecule has 1 aliphatic heterocycles. The quantitative estimate of drug-likeness (QED) is 0.700. The highest BCUT2D eigenvalue weighted by Crippen LogP contribution is 2.38. The second kappa shape index (κ2) is 5.36. The number of hydrogen-bond donors (Lipinski definition) is 3. The van der Waals surface area contributed by atoms with Gasteiger partial charge in [0.1, 0.15) is 0 Å².